The lowest BCUT2D eigenvalue weighted by molar-refractivity contribution is -0.0127. The number of nitrogens with zero attached hydrogens (tertiary/aromatic N) is 1. The van der Waals surface area contributed by atoms with Crippen molar-refractivity contribution in [3.05, 3.63) is 35.1 Å². The molecule has 0 aliphatic heterocycles. The maximum absolute atomic E-state index is 14.1. The van der Waals surface area contributed by atoms with E-state index < -0.39 is 5.82 Å². The lowest BCUT2D eigenvalue weighted by Crippen LogP contribution is -2.24. The molecular formula is C14H21FN2O3. The number of halogens is 1. The Balaban J connectivity index is 2.61. The van der Waals surface area contributed by atoms with E-state index in [9.17, 15) is 4.39 Å². The first kappa shape index (κ1) is 16.4. The molecule has 1 rings (SSSR count). The molecule has 112 valence electrons. The third-order valence-electron chi connectivity index (χ3n) is 3.12. The van der Waals surface area contributed by atoms with Crippen molar-refractivity contribution in [2.45, 2.75) is 32.5 Å². The molecule has 0 aromatic heterocycles. The van der Waals surface area contributed by atoms with Gasteiger partial charge in [-0.1, -0.05) is 17.3 Å². The highest BCUT2D eigenvalue weighted by Gasteiger charge is 2.16. The molecular weight excluding hydrogens is 263 g/mol. The van der Waals surface area contributed by atoms with E-state index in [1.807, 2.05) is 13.8 Å². The van der Waals surface area contributed by atoms with E-state index in [1.165, 1.54) is 6.07 Å². The van der Waals surface area contributed by atoms with Crippen LogP contribution in [0.1, 0.15) is 31.4 Å². The predicted molar refractivity (Wildman–Crippen MR) is 74.3 cm³/mol. The van der Waals surface area contributed by atoms with Gasteiger partial charge in [0.05, 0.1) is 17.8 Å². The van der Waals surface area contributed by atoms with Crippen LogP contribution in [0.2, 0.25) is 0 Å². The van der Waals surface area contributed by atoms with Crippen molar-refractivity contribution in [3.63, 3.8) is 0 Å². The van der Waals surface area contributed by atoms with Crippen LogP contribution in [0.3, 0.4) is 0 Å². The van der Waals surface area contributed by atoms with Crippen LogP contribution in [0.4, 0.5) is 4.39 Å². The first-order chi connectivity index (χ1) is 9.41. The van der Waals surface area contributed by atoms with Gasteiger partial charge in [-0.2, -0.15) is 0 Å². The predicted octanol–water partition coefficient (Wildman–Crippen LogP) is 2.25. The maximum Gasteiger partial charge on any atom is 0.173 e. The Morgan fingerprint density at radius 2 is 2.15 bits per heavy atom. The molecule has 0 aliphatic carbocycles. The van der Waals surface area contributed by atoms with Gasteiger partial charge in [-0.15, -0.1) is 0 Å². The fraction of sp³-hybridized carbons (Fsp3) is 0.500. The van der Waals surface area contributed by atoms with Crippen molar-refractivity contribution in [2.24, 2.45) is 10.9 Å². The zero-order valence-electron chi connectivity index (χ0n) is 12.0. The third kappa shape index (κ3) is 4.47. The Hall–Kier alpha value is -1.66. The number of nitrogens with two attached hydrogens (primary N) is 1. The number of amidine groups is 1. The Bertz CT molecular complexity index is 475. The summed E-state index contributed by atoms with van der Waals surface area (Å²) in [5.74, 6) is -0.793. The minimum Gasteiger partial charge on any atom is -0.409 e. The molecule has 0 fully saturated rings. The molecule has 0 amide bonds. The molecule has 0 radical (unpaired) electrons. The van der Waals surface area contributed by atoms with Crippen LogP contribution in [0.25, 0.3) is 0 Å². The largest absolute Gasteiger partial charge is 0.409 e. The molecule has 0 aliphatic rings. The molecule has 0 unspecified atom stereocenters. The zero-order chi connectivity index (χ0) is 15.2. The molecule has 1 aromatic carbocycles. The summed E-state index contributed by atoms with van der Waals surface area (Å²) in [4.78, 5) is 0. The maximum atomic E-state index is 14.1. The zero-order valence-corrected chi connectivity index (χ0v) is 12.0. The van der Waals surface area contributed by atoms with E-state index in [1.54, 1.807) is 19.2 Å². The summed E-state index contributed by atoms with van der Waals surface area (Å²) in [6, 6.07) is 4.68. The number of benzene rings is 1. The van der Waals surface area contributed by atoms with Crippen LogP contribution in [-0.4, -0.2) is 30.4 Å². The first-order valence-electron chi connectivity index (χ1n) is 6.29. The van der Waals surface area contributed by atoms with Gasteiger partial charge in [0.15, 0.2) is 5.84 Å². The Morgan fingerprint density at radius 3 is 2.75 bits per heavy atom. The molecule has 1 aromatic rings. The average Bonchev–Trinajstić information content (AvgIpc) is 2.44. The molecule has 0 bridgehead atoms. The SMILES string of the molecule is COC(C)(C)CCOCc1cccc(/C(N)=N/O)c1F. The van der Waals surface area contributed by atoms with Crippen LogP contribution < -0.4 is 5.73 Å². The summed E-state index contributed by atoms with van der Waals surface area (Å²) in [5, 5.41) is 11.4. The molecule has 6 heteroatoms. The summed E-state index contributed by atoms with van der Waals surface area (Å²) in [6.07, 6.45) is 0.699. The van der Waals surface area contributed by atoms with Crippen LogP contribution in [0, 0.1) is 5.82 Å². The monoisotopic (exact) mass is 284 g/mol. The lowest BCUT2D eigenvalue weighted by Gasteiger charge is -2.22. The second kappa shape index (κ2) is 7.21. The highest BCUT2D eigenvalue weighted by atomic mass is 19.1. The topological polar surface area (TPSA) is 77.1 Å². The molecule has 0 heterocycles. The fourth-order valence-electron chi connectivity index (χ4n) is 1.55. The van der Waals surface area contributed by atoms with E-state index >= 15 is 0 Å². The Labute approximate surface area is 118 Å². The van der Waals surface area contributed by atoms with Gasteiger partial charge in [0.1, 0.15) is 5.82 Å². The van der Waals surface area contributed by atoms with Gasteiger partial charge in [-0.25, -0.2) is 4.39 Å². The second-order valence-corrected chi connectivity index (χ2v) is 5.03. The normalized spacial score (nSPS) is 12.7. The van der Waals surface area contributed by atoms with Crippen molar-refractivity contribution < 1.29 is 19.1 Å². The number of oxime groups is 1. The molecule has 3 N–H and O–H groups in total. The molecule has 5 nitrogen and oxygen atoms in total. The molecule has 0 spiro atoms. The van der Waals surface area contributed by atoms with Gasteiger partial charge in [0.2, 0.25) is 0 Å². The van der Waals surface area contributed by atoms with Gasteiger partial charge >= 0.3 is 0 Å². The van der Waals surface area contributed by atoms with E-state index in [-0.39, 0.29) is 23.6 Å². The molecule has 0 saturated carbocycles. The van der Waals surface area contributed by atoms with Crippen LogP contribution in [0.5, 0.6) is 0 Å². The minimum atomic E-state index is -0.534. The smallest absolute Gasteiger partial charge is 0.173 e. The third-order valence-corrected chi connectivity index (χ3v) is 3.12. The minimum absolute atomic E-state index is 0.0609. The van der Waals surface area contributed by atoms with Crippen LogP contribution in [0.15, 0.2) is 23.4 Å². The number of methoxy groups -OCH3 is 1. The highest BCUT2D eigenvalue weighted by Crippen LogP contribution is 2.16. The van der Waals surface area contributed by atoms with Crippen molar-refractivity contribution in [2.75, 3.05) is 13.7 Å². The number of hydrogen-bond donors (Lipinski definition) is 2. The summed E-state index contributed by atoms with van der Waals surface area (Å²) >= 11 is 0. The second-order valence-electron chi connectivity index (χ2n) is 5.03. The Kier molecular flexibility index (Phi) is 5.91. The van der Waals surface area contributed by atoms with Gasteiger partial charge in [0, 0.05) is 19.3 Å². The Morgan fingerprint density at radius 1 is 1.45 bits per heavy atom. The standard InChI is InChI=1S/C14H21FN2O3/c1-14(2,19-3)7-8-20-9-10-5-4-6-11(12(10)15)13(16)17-18/h4-6,18H,7-9H2,1-3H3,(H2,16,17). The van der Waals surface area contributed by atoms with Gasteiger partial charge < -0.3 is 20.4 Å². The van der Waals surface area contributed by atoms with Crippen molar-refractivity contribution in [1.29, 1.82) is 0 Å². The van der Waals surface area contributed by atoms with Crippen molar-refractivity contribution in [3.8, 4) is 0 Å². The fourth-order valence-corrected chi connectivity index (χ4v) is 1.55. The lowest BCUT2D eigenvalue weighted by atomic mass is 10.1. The number of ether oxygens (including phenoxy) is 2. The van der Waals surface area contributed by atoms with Gasteiger partial charge in [-0.3, -0.25) is 0 Å². The van der Waals surface area contributed by atoms with Crippen LogP contribution in [-0.2, 0) is 16.1 Å². The number of hydrogen-bond acceptors (Lipinski definition) is 4. The summed E-state index contributed by atoms with van der Waals surface area (Å²) in [6.45, 7) is 4.48. The van der Waals surface area contributed by atoms with E-state index in [0.717, 1.165) is 0 Å². The number of rotatable bonds is 7. The average molecular weight is 284 g/mol. The van der Waals surface area contributed by atoms with E-state index in [0.29, 0.717) is 18.6 Å². The molecule has 0 saturated heterocycles. The van der Waals surface area contributed by atoms with Crippen molar-refractivity contribution in [1.82, 2.24) is 0 Å². The summed E-state index contributed by atoms with van der Waals surface area (Å²) in [7, 11) is 1.64. The van der Waals surface area contributed by atoms with Gasteiger partial charge in [-0.05, 0) is 26.3 Å². The highest BCUT2D eigenvalue weighted by molar-refractivity contribution is 5.97. The summed E-state index contributed by atoms with van der Waals surface area (Å²) < 4.78 is 24.8. The molecule has 0 atom stereocenters. The van der Waals surface area contributed by atoms with Crippen LogP contribution >= 0.6 is 0 Å². The van der Waals surface area contributed by atoms with Crippen molar-refractivity contribution >= 4 is 5.84 Å². The molecule has 20 heavy (non-hydrogen) atoms. The summed E-state index contributed by atoms with van der Waals surface area (Å²) in [5.41, 5.74) is 5.55. The van der Waals surface area contributed by atoms with Gasteiger partial charge in [0.25, 0.3) is 0 Å². The van der Waals surface area contributed by atoms with E-state index in [2.05, 4.69) is 5.16 Å². The quantitative estimate of drug-likeness (QED) is 0.265. The van der Waals surface area contributed by atoms with E-state index in [4.69, 9.17) is 20.4 Å². The first-order valence-corrected chi connectivity index (χ1v) is 6.29.